The van der Waals surface area contributed by atoms with Crippen molar-refractivity contribution >= 4 is 61.7 Å². The Morgan fingerprint density at radius 1 is 0.533 bits per heavy atom. The minimum Gasteiger partial charge on any atom is -0.510 e. The van der Waals surface area contributed by atoms with Crippen LogP contribution in [0.4, 0.5) is 0 Å². The Labute approximate surface area is 569 Å². The average Bonchev–Trinajstić information content (AvgIpc) is 1.33. The molecule has 4 heterocycles. The van der Waals surface area contributed by atoms with Crippen LogP contribution in [0.1, 0.15) is 97.6 Å². The molecule has 0 unspecified atom stereocenters. The number of fused-ring (bicyclic) bond motifs is 11. The van der Waals surface area contributed by atoms with Gasteiger partial charge >= 0.3 is 0 Å². The Balaban J connectivity index is 0.00000946. The van der Waals surface area contributed by atoms with Crippen LogP contribution < -0.4 is 30.1 Å². The minimum absolute atomic E-state index is 0. The first-order chi connectivity index (χ1) is 51.1. The van der Waals surface area contributed by atoms with Gasteiger partial charge in [-0.25, -0.2) is 4.98 Å². The van der Waals surface area contributed by atoms with E-state index < -0.39 is 155 Å². The Morgan fingerprint density at radius 3 is 1.79 bits per heavy atom. The van der Waals surface area contributed by atoms with Crippen LogP contribution in [0.5, 0.6) is 11.5 Å². The molecule has 7 heteroatoms. The van der Waals surface area contributed by atoms with Crippen molar-refractivity contribution in [2.45, 2.75) is 71.1 Å². The number of rotatable bonds is 9. The van der Waals surface area contributed by atoms with E-state index in [9.17, 15) is 21.9 Å². The Kier molecular flexibility index (Phi) is 9.51. The fourth-order valence-corrected chi connectivity index (χ4v) is 17.5. The van der Waals surface area contributed by atoms with Crippen molar-refractivity contribution < 1.29 is 56.4 Å². The molecule has 1 aliphatic carbocycles. The van der Waals surface area contributed by atoms with Crippen LogP contribution in [0, 0.1) is 18.5 Å². The van der Waals surface area contributed by atoms with Gasteiger partial charge in [0.15, 0.2) is 8.07 Å². The van der Waals surface area contributed by atoms with Crippen LogP contribution in [0.25, 0.3) is 94.5 Å². The molecule has 0 N–H and O–H groups in total. The van der Waals surface area contributed by atoms with Crippen LogP contribution in [-0.2, 0) is 37.3 Å². The van der Waals surface area contributed by atoms with E-state index in [2.05, 4.69) is 108 Å². The molecule has 11 aromatic carbocycles. The van der Waals surface area contributed by atoms with Gasteiger partial charge in [0.2, 0.25) is 0 Å². The third-order valence-corrected chi connectivity index (χ3v) is 21.7. The molecule has 90 heavy (non-hydrogen) atoms. The molecule has 0 spiro atoms. The van der Waals surface area contributed by atoms with E-state index in [1.54, 1.807) is 27.3 Å². The van der Waals surface area contributed by atoms with Crippen molar-refractivity contribution in [2.75, 3.05) is 0 Å². The topological polar surface area (TPSA) is 35.9 Å². The molecule has 0 fully saturated rings. The Bertz CT molecular complexity index is 6090. The average molecular weight is 1380 g/mol. The Morgan fingerprint density at radius 2 is 1.10 bits per heavy atom. The number of ether oxygens (including phenoxy) is 1. The molecule has 3 aromatic heterocycles. The summed E-state index contributed by atoms with van der Waals surface area (Å²) < 4.78 is 196. The Hall–Kier alpha value is -9.45. The largest absolute Gasteiger partial charge is 0.510 e. The number of pyridine rings is 1. The monoisotopic (exact) mass is 1380 g/mol. The molecular formula is C83H66N4OPtSi-2. The smallest absolute Gasteiger partial charge is 0.268 e. The molecule has 0 saturated heterocycles. The van der Waals surface area contributed by atoms with Gasteiger partial charge < -0.3 is 13.9 Å². The molecule has 0 bridgehead atoms. The molecule has 440 valence electrons. The maximum atomic E-state index is 11.1. The first-order valence-corrected chi connectivity index (χ1v) is 31.5. The number of aromatic nitrogens is 4. The molecular weight excluding hydrogens is 1290 g/mol. The van der Waals surface area contributed by atoms with E-state index in [4.69, 9.17) is 13.8 Å². The van der Waals surface area contributed by atoms with E-state index in [0.717, 1.165) is 61.6 Å². The molecule has 0 amide bonds. The van der Waals surface area contributed by atoms with Crippen LogP contribution in [0.2, 0.25) is 0 Å². The summed E-state index contributed by atoms with van der Waals surface area (Å²) in [7, 11) is -6.28. The maximum absolute atomic E-state index is 11.1. The molecule has 16 rings (SSSR count). The van der Waals surface area contributed by atoms with E-state index in [0.29, 0.717) is 50.7 Å². The zero-order valence-electron chi connectivity index (χ0n) is 69.1. The van der Waals surface area contributed by atoms with Crippen molar-refractivity contribution in [3.63, 3.8) is 0 Å². The van der Waals surface area contributed by atoms with Gasteiger partial charge in [0, 0.05) is 44.3 Å². The van der Waals surface area contributed by atoms with E-state index in [1.807, 2.05) is 91.1 Å². The fraction of sp³-hybridized carbons (Fsp3) is 0.133. The summed E-state index contributed by atoms with van der Waals surface area (Å²) in [6.45, 7) is 15.3. The number of benzene rings is 11. The van der Waals surface area contributed by atoms with Crippen LogP contribution in [0.3, 0.4) is 0 Å². The normalized spacial score (nSPS) is 16.7. The van der Waals surface area contributed by atoms with Crippen molar-refractivity contribution in [2.24, 2.45) is 0 Å². The SMILES string of the molecule is [2H]c1c([2H])c([2H])c([Si](c2c([2H])c([2H])c([2H])c([2H])c2[2H])(c2c([2H])c([2H])c([2H])c([2H])c2[2H])c2c([2H])c([2H])c([2H])c(-c3cccc4c3-[n+]3[c-]n(-c5[c-]c(Oc6[c-]c7c(cc6)c6ccccc6n7-c6cc(C(C)(C)C)ccn6)ccc5)c5cccc(c53)-c3ccccc3-c3cc5c(cc3-4)C(C)(C)CC5(C)C)c2[2H])c([2H])c1[2H].[Pt]. The van der Waals surface area contributed by atoms with Crippen molar-refractivity contribution in [3.05, 3.63) is 296 Å². The summed E-state index contributed by atoms with van der Waals surface area (Å²) in [6.07, 6.45) is 6.31. The van der Waals surface area contributed by atoms with Gasteiger partial charge in [0.1, 0.15) is 5.82 Å². The van der Waals surface area contributed by atoms with Gasteiger partial charge in [-0.1, -0.05) is 254 Å². The predicted molar refractivity (Wildman–Crippen MR) is 368 cm³/mol. The summed E-state index contributed by atoms with van der Waals surface area (Å²) >= 11 is 0. The second-order valence-electron chi connectivity index (χ2n) is 25.2. The van der Waals surface area contributed by atoms with Crippen molar-refractivity contribution in [3.8, 4) is 73.2 Å². The van der Waals surface area contributed by atoms with Gasteiger partial charge in [-0.3, -0.25) is 4.57 Å². The fourth-order valence-electron chi connectivity index (χ4n) is 14.0. The number of hydrogen-bond donors (Lipinski definition) is 0. The minimum atomic E-state index is -6.28. The molecule has 0 atom stereocenters. The summed E-state index contributed by atoms with van der Waals surface area (Å²) in [5.74, 6) is 1.38. The second kappa shape index (κ2) is 21.7. The maximum Gasteiger partial charge on any atom is 0.268 e. The first-order valence-electron chi connectivity index (χ1n) is 39.0. The molecule has 2 aliphatic rings. The number of hydrogen-bond acceptors (Lipinski definition) is 2. The quantitative estimate of drug-likeness (QED) is 0.0625. The molecule has 1 aliphatic heterocycles. The standard InChI is InChI=1S/C83H66N4OSi.Pt/c1-81(2,3)56-45-46-84-78(48-56)87-75-41-20-19-37-67(75)68-44-43-59(50-77(68)87)88-58-27-22-26-57(49-58)85-54-86-79-64(55-25-21-34-63(47-55)89(60-28-11-8-12-29-60,61-30-13-9-14-31-61)62-32-15-10-16-33-62)38-23-39-70(79)72-52-74-73(82(4,5)53-83(74,6)7)51-71(72)66-36-18-17-35-65(66)69-40-24-42-76(85)80(69)86;/h8-48,51-52H,53H2,1-7H3;/q-2;/i8D,9D,10D,11D,12D,13D,14D,15D,16D,21D,25D,28D,29D,30D,31D,32D,33D,34D,47D;. The van der Waals surface area contributed by atoms with Gasteiger partial charge in [0.25, 0.3) is 6.33 Å². The predicted octanol–water partition coefficient (Wildman–Crippen LogP) is 17.2. The van der Waals surface area contributed by atoms with Gasteiger partial charge in [-0.05, 0) is 140 Å². The molecule has 0 radical (unpaired) electrons. The van der Waals surface area contributed by atoms with Crippen LogP contribution in [-0.4, -0.2) is 22.2 Å². The van der Waals surface area contributed by atoms with Gasteiger partial charge in [-0.15, -0.1) is 29.7 Å². The number of imidazole rings is 1. The van der Waals surface area contributed by atoms with E-state index >= 15 is 0 Å². The summed E-state index contributed by atoms with van der Waals surface area (Å²) in [6, 6.07) is 32.4. The summed E-state index contributed by atoms with van der Waals surface area (Å²) in [5.41, 5.74) is 9.67. The van der Waals surface area contributed by atoms with E-state index in [1.165, 1.54) is 0 Å². The number of para-hydroxylation sites is 3. The number of nitrogens with zero attached hydrogens (tertiary/aromatic N) is 4. The third-order valence-electron chi connectivity index (χ3n) is 17.7. The third kappa shape index (κ3) is 9.12. The second-order valence-corrected chi connectivity index (χ2v) is 28.7. The van der Waals surface area contributed by atoms with Crippen molar-refractivity contribution in [1.82, 2.24) is 14.1 Å². The summed E-state index contributed by atoms with van der Waals surface area (Å²) in [4.78, 5) is 4.87. The van der Waals surface area contributed by atoms with Crippen molar-refractivity contribution in [1.29, 1.82) is 0 Å². The molecule has 5 nitrogen and oxygen atoms in total. The van der Waals surface area contributed by atoms with Crippen LogP contribution >= 0.6 is 0 Å². The van der Waals surface area contributed by atoms with Crippen LogP contribution in [0.15, 0.2) is 261 Å². The molecule has 14 aromatic rings. The summed E-state index contributed by atoms with van der Waals surface area (Å²) in [5, 5.41) is -1.78. The zero-order chi connectivity index (χ0) is 76.9. The molecule has 0 saturated carbocycles. The van der Waals surface area contributed by atoms with Gasteiger partial charge in [0.05, 0.1) is 42.8 Å². The zero-order valence-corrected chi connectivity index (χ0v) is 53.3. The first kappa shape index (κ1) is 39.5. The van der Waals surface area contributed by atoms with E-state index in [-0.39, 0.29) is 43.1 Å². The van der Waals surface area contributed by atoms with Gasteiger partial charge in [-0.2, -0.15) is 18.2 Å².